The molecule has 2 bridgehead atoms. The van der Waals surface area contributed by atoms with Crippen LogP contribution in [0.25, 0.3) is 21.8 Å². The summed E-state index contributed by atoms with van der Waals surface area (Å²) in [5.41, 5.74) is 7.91. The summed E-state index contributed by atoms with van der Waals surface area (Å²) in [7, 11) is 1.46. The van der Waals surface area contributed by atoms with Crippen LogP contribution in [-0.4, -0.2) is 156 Å². The summed E-state index contributed by atoms with van der Waals surface area (Å²) in [4.78, 5) is 170. The molecule has 10 amide bonds. The molecule has 3 aromatic heterocycles. The lowest BCUT2D eigenvalue weighted by Crippen LogP contribution is -2.63. The molecule has 0 radical (unpaired) electrons. The van der Waals surface area contributed by atoms with Gasteiger partial charge in [-0.3, -0.25) is 52.7 Å². The maximum atomic E-state index is 15.3. The van der Waals surface area contributed by atoms with Crippen LogP contribution in [0.5, 0.6) is 5.75 Å². The van der Waals surface area contributed by atoms with E-state index in [1.165, 1.54) is 87.2 Å². The molecule has 3 aliphatic heterocycles. The Balaban J connectivity index is 1.05. The van der Waals surface area contributed by atoms with Crippen molar-refractivity contribution in [1.82, 2.24) is 67.4 Å². The average Bonchev–Trinajstić information content (AvgIpc) is 1.81. The number of aromatic nitrogens is 4. The lowest BCUT2D eigenvalue weighted by Gasteiger charge is -2.37. The quantitative estimate of drug-likeness (QED) is 0.0783. The first-order valence-corrected chi connectivity index (χ1v) is 31.8. The van der Waals surface area contributed by atoms with Crippen LogP contribution < -0.4 is 53.0 Å². The molecule has 27 nitrogen and oxygen atoms in total. The number of nitrogens with zero attached hydrogens (tertiary/aromatic N) is 2. The van der Waals surface area contributed by atoms with Crippen LogP contribution in [0.15, 0.2) is 110 Å². The topological polar surface area (TPSA) is 403 Å². The smallest absolute Gasteiger partial charge is 0.305 e. The number of fused-ring (bicyclic) bond motifs is 33. The molecule has 1 saturated heterocycles. The molecule has 1 fully saturated rings. The van der Waals surface area contributed by atoms with Crippen molar-refractivity contribution in [2.75, 3.05) is 13.7 Å². The van der Waals surface area contributed by atoms with Crippen molar-refractivity contribution in [2.45, 2.75) is 152 Å². The van der Waals surface area contributed by atoms with Gasteiger partial charge in [0.2, 0.25) is 59.1 Å². The van der Waals surface area contributed by atoms with Crippen LogP contribution >= 0.6 is 0 Å². The Morgan fingerprint density at radius 2 is 1.18 bits per heavy atom. The zero-order chi connectivity index (χ0) is 69.5. The number of nitrogens with two attached hydrogens (primary N) is 1. The van der Waals surface area contributed by atoms with Crippen LogP contribution in [0.3, 0.4) is 0 Å². The Kier molecular flexibility index (Phi) is 23.2. The highest BCUT2D eigenvalue weighted by atomic mass is 19.1. The fourth-order valence-electron chi connectivity index (χ4n) is 12.0. The summed E-state index contributed by atoms with van der Waals surface area (Å²) in [5.74, 6) is -10.7. The second-order valence-electron chi connectivity index (χ2n) is 24.6. The van der Waals surface area contributed by atoms with Crippen LogP contribution in [0, 0.1) is 11.6 Å². The van der Waals surface area contributed by atoms with Gasteiger partial charge in [-0.15, -0.1) is 0 Å². The summed E-state index contributed by atoms with van der Waals surface area (Å²) < 4.78 is 35.1. The largest absolute Gasteiger partial charge is 0.497 e. The zero-order valence-corrected chi connectivity index (χ0v) is 53.6. The molecule has 3 aliphatic rings. The second kappa shape index (κ2) is 32.0. The van der Waals surface area contributed by atoms with E-state index in [-0.39, 0.29) is 80.6 Å². The number of aliphatic carboxylic acids is 1. The van der Waals surface area contributed by atoms with Crippen LogP contribution in [0.2, 0.25) is 0 Å². The Morgan fingerprint density at radius 1 is 0.629 bits per heavy atom. The maximum Gasteiger partial charge on any atom is 0.305 e. The lowest BCUT2D eigenvalue weighted by atomic mass is 9.94. The third-order valence-corrected chi connectivity index (χ3v) is 17.5. The van der Waals surface area contributed by atoms with Crippen LogP contribution in [-0.2, 0) is 91.4 Å². The van der Waals surface area contributed by atoms with E-state index in [0.29, 0.717) is 64.5 Å². The number of carbonyl (C=O) groups is 11. The Labute approximate surface area is 555 Å². The molecular formula is C68H78F2N14O13. The predicted molar refractivity (Wildman–Crippen MR) is 348 cm³/mol. The number of hydrogen-bond donors (Lipinski definition) is 13. The minimum atomic E-state index is -2.02. The number of rotatable bonds is 12. The lowest BCUT2D eigenvalue weighted by molar-refractivity contribution is -0.147. The third kappa shape index (κ3) is 18.5. The van der Waals surface area contributed by atoms with Crippen LogP contribution in [0.1, 0.15) is 98.7 Å². The second-order valence-corrected chi connectivity index (χ2v) is 24.6. The van der Waals surface area contributed by atoms with Gasteiger partial charge in [0.1, 0.15) is 65.2 Å². The molecule has 10 rings (SSSR count). The van der Waals surface area contributed by atoms with Crippen molar-refractivity contribution in [3.63, 3.8) is 0 Å². The summed E-state index contributed by atoms with van der Waals surface area (Å²) in [6, 6.07) is 10.2. The maximum absolute atomic E-state index is 15.3. The molecule has 0 aliphatic carbocycles. The molecular weight excluding hydrogens is 1260 g/mol. The van der Waals surface area contributed by atoms with Gasteiger partial charge in [-0.25, -0.2) is 13.8 Å². The molecule has 512 valence electrons. The fraction of sp³-hybridized carbons (Fsp3) is 0.382. The van der Waals surface area contributed by atoms with Gasteiger partial charge < -0.3 is 78.0 Å². The summed E-state index contributed by atoms with van der Waals surface area (Å²) in [6.07, 6.45) is 4.88. The molecule has 8 atom stereocenters. The Morgan fingerprint density at radius 3 is 1.74 bits per heavy atom. The molecule has 97 heavy (non-hydrogen) atoms. The molecule has 0 saturated carbocycles. The van der Waals surface area contributed by atoms with E-state index in [2.05, 4.69) is 62.5 Å². The predicted octanol–water partition coefficient (Wildman–Crippen LogP) is 2.51. The van der Waals surface area contributed by atoms with E-state index in [4.69, 9.17) is 10.5 Å². The zero-order valence-electron chi connectivity index (χ0n) is 53.6. The van der Waals surface area contributed by atoms with Gasteiger partial charge in [-0.2, -0.15) is 0 Å². The highest BCUT2D eigenvalue weighted by Crippen LogP contribution is 2.32. The van der Waals surface area contributed by atoms with E-state index in [0.717, 1.165) is 5.56 Å². The van der Waals surface area contributed by atoms with Gasteiger partial charge in [-0.05, 0) is 116 Å². The van der Waals surface area contributed by atoms with Crippen molar-refractivity contribution < 1.29 is 71.4 Å². The minimum Gasteiger partial charge on any atom is -0.497 e. The first-order valence-electron chi connectivity index (χ1n) is 31.8. The van der Waals surface area contributed by atoms with E-state index in [9.17, 15) is 52.2 Å². The molecule has 7 aromatic rings. The molecule has 0 unspecified atom stereocenters. The number of methoxy groups -OCH3 is 1. The monoisotopic (exact) mass is 1340 g/mol. The number of ether oxygens (including phenoxy) is 1. The van der Waals surface area contributed by atoms with E-state index >= 15 is 14.4 Å². The number of nitrogens with one attached hydrogen (secondary N) is 11. The number of benzene rings is 4. The van der Waals surface area contributed by atoms with Gasteiger partial charge in [-0.1, -0.05) is 42.8 Å². The number of hydrogen-bond acceptors (Lipinski definition) is 13. The summed E-state index contributed by atoms with van der Waals surface area (Å²) >= 11 is 0. The van der Waals surface area contributed by atoms with Crippen molar-refractivity contribution >= 4 is 86.8 Å². The van der Waals surface area contributed by atoms with Crippen molar-refractivity contribution in [3.05, 3.63) is 155 Å². The highest BCUT2D eigenvalue weighted by Gasteiger charge is 2.49. The fourth-order valence-corrected chi connectivity index (χ4v) is 12.0. The molecule has 0 spiro atoms. The first kappa shape index (κ1) is 70.3. The number of aromatic amines is 3. The standard InChI is InChI=1S/C68H78F2N14O13/c1-37-61(90)78-52(26-41-33-73-49-20-16-43(69)28-47(41)49)62(91)79-53(27-42-34-74-50-21-17-44(70)29-48(42)50)63(92)81-55(31-59(87)88)65(94)80-54(30-45-35-72-36-76-45)64(93)82-56(25-39-14-18-46(97-3)19-15-39)66(95)84-23-7-22-68(84,2)67(96)83-51(60(71)89)24-38-10-12-40(13-11-38)32-75-57(85)8-5-4-6-9-58(86)77-37/h10-21,28-29,33-37,51-56,73-74H,4-9,22-27,30-32H2,1-3H3,(H2,71,89)(H,72,76)(H,75,85)(H,77,86)(H,78,90)(H,79,91)(H,80,94)(H,81,92)(H,82,93)(H,83,96)(H,87,88)/t37-,51+,52+,53+,54+,55+,56+,68+/m1/s1. The van der Waals surface area contributed by atoms with Gasteiger partial charge >= 0.3 is 5.97 Å². The van der Waals surface area contributed by atoms with Gasteiger partial charge in [0.25, 0.3) is 0 Å². The number of primary amides is 1. The summed E-state index contributed by atoms with van der Waals surface area (Å²) in [5, 5.41) is 32.2. The highest BCUT2D eigenvalue weighted by molar-refractivity contribution is 6.00. The van der Waals surface area contributed by atoms with E-state index in [1.54, 1.807) is 48.5 Å². The Hall–Kier alpha value is -11.0. The van der Waals surface area contributed by atoms with E-state index < -0.39 is 131 Å². The van der Waals surface area contributed by atoms with Crippen LogP contribution in [0.4, 0.5) is 8.78 Å². The van der Waals surface area contributed by atoms with Crippen molar-refractivity contribution in [1.29, 1.82) is 0 Å². The number of imidazole rings is 1. The number of H-pyrrole nitrogens is 3. The molecule has 14 N–H and O–H groups in total. The number of carboxylic acids is 1. The van der Waals surface area contributed by atoms with Crippen molar-refractivity contribution in [2.24, 2.45) is 5.73 Å². The van der Waals surface area contributed by atoms with Gasteiger partial charge in [0, 0.05) is 104 Å². The first-order chi connectivity index (χ1) is 46.4. The number of amides is 10. The Bertz CT molecular complexity index is 4050. The summed E-state index contributed by atoms with van der Waals surface area (Å²) in [6.45, 7) is 3.10. The van der Waals surface area contributed by atoms with Gasteiger partial charge in [0.15, 0.2) is 0 Å². The molecule has 6 heterocycles. The third-order valence-electron chi connectivity index (χ3n) is 17.5. The number of carboxylic acid groups (broad SMARTS) is 1. The molecule has 4 aromatic carbocycles. The molecule has 29 heteroatoms. The minimum absolute atomic E-state index is 0.0266. The average molecular weight is 1340 g/mol. The van der Waals surface area contributed by atoms with Gasteiger partial charge in [0.05, 0.1) is 19.9 Å². The normalized spacial score (nSPS) is 23.0. The number of halogens is 2. The van der Waals surface area contributed by atoms with E-state index in [1.807, 2.05) is 0 Å². The number of carbonyl (C=O) groups excluding carboxylic acids is 10. The SMILES string of the molecule is COc1ccc(C[C@@H]2NC(=O)[C@H](Cc3cnc[nH]3)NC(=O)[C@H](CC(=O)O)NC(=O)[C@H](Cc3c[nH]c4ccc(F)cc34)NC(=O)[C@H](Cc3c[nH]c4ccc(F)cc34)NC(=O)[C@@H](C)NC(=O)CCCCCC(=O)NCc3ccc(cc3)C[C@@H](C(N)=O)NC(=O)[C@]3(C)CCCN3C2=O)cc1. The van der Waals surface area contributed by atoms with Crippen molar-refractivity contribution in [3.8, 4) is 5.75 Å².